The number of aromatic amines is 1. The van der Waals surface area contributed by atoms with E-state index in [0.29, 0.717) is 18.1 Å². The van der Waals surface area contributed by atoms with Gasteiger partial charge in [0.15, 0.2) is 0 Å². The van der Waals surface area contributed by atoms with Crippen LogP contribution in [0.25, 0.3) is 10.9 Å². The maximum Gasteiger partial charge on any atom is 0.251 e. The largest absolute Gasteiger partial charge is 0.387 e. The molecule has 5 nitrogen and oxygen atoms in total. The van der Waals surface area contributed by atoms with Crippen LogP contribution in [0.15, 0.2) is 29.1 Å². The molecule has 1 saturated heterocycles. The third-order valence-corrected chi connectivity index (χ3v) is 8.07. The highest BCUT2D eigenvalue weighted by Crippen LogP contribution is 2.40. The van der Waals surface area contributed by atoms with Gasteiger partial charge in [0.2, 0.25) is 0 Å². The van der Waals surface area contributed by atoms with Crippen LogP contribution in [0.4, 0.5) is 0 Å². The number of hydrogen-bond donors (Lipinski definition) is 3. The summed E-state index contributed by atoms with van der Waals surface area (Å²) in [6.45, 7) is 7.03. The number of hydrogen-bond acceptors (Lipinski definition) is 3. The van der Waals surface area contributed by atoms with Crippen LogP contribution >= 0.6 is 0 Å². The average molecular weight is 437 g/mol. The summed E-state index contributed by atoms with van der Waals surface area (Å²) < 4.78 is 0. The summed E-state index contributed by atoms with van der Waals surface area (Å²) in [5, 5.41) is 9.02. The fraction of sp³-hybridized carbons (Fsp3) is 0.630. The molecule has 0 radical (unpaired) electrons. The Morgan fingerprint density at radius 1 is 1.22 bits per heavy atom. The van der Waals surface area contributed by atoms with E-state index in [1.807, 2.05) is 6.07 Å². The smallest absolute Gasteiger partial charge is 0.251 e. The van der Waals surface area contributed by atoms with Gasteiger partial charge in [0.25, 0.3) is 5.56 Å². The molecule has 5 atom stereocenters. The van der Waals surface area contributed by atoms with E-state index in [4.69, 9.17) is 11.1 Å². The number of aromatic nitrogens is 1. The maximum atomic E-state index is 13.0. The highest BCUT2D eigenvalue weighted by Gasteiger charge is 2.33. The lowest BCUT2D eigenvalue weighted by Gasteiger charge is -2.45. The van der Waals surface area contributed by atoms with Gasteiger partial charge in [-0.25, -0.2) is 0 Å². The van der Waals surface area contributed by atoms with Crippen LogP contribution in [0.2, 0.25) is 0 Å². The molecule has 32 heavy (non-hydrogen) atoms. The number of nitrogens with two attached hydrogens (primary N) is 1. The predicted molar refractivity (Wildman–Crippen MR) is 133 cm³/mol. The molecule has 1 saturated carbocycles. The van der Waals surface area contributed by atoms with Crippen LogP contribution < -0.4 is 11.3 Å². The number of likely N-dealkylation sites (tertiary alicyclic amines) is 1. The Hall–Kier alpha value is -2.14. The van der Waals surface area contributed by atoms with E-state index in [1.54, 1.807) is 0 Å². The van der Waals surface area contributed by atoms with Crippen molar-refractivity contribution < 1.29 is 0 Å². The summed E-state index contributed by atoms with van der Waals surface area (Å²) in [4.78, 5) is 19.0. The third-order valence-electron chi connectivity index (χ3n) is 8.07. The van der Waals surface area contributed by atoms with Crippen molar-refractivity contribution in [3.8, 4) is 0 Å². The Balaban J connectivity index is 1.78. The Morgan fingerprint density at radius 2 is 1.97 bits per heavy atom. The molecule has 4 N–H and O–H groups in total. The SMILES string of the molecule is CCCCC(c1cccc2[nH]c(=O)c(C3CCC(C(=N)N)C3)cc12)N1C(C)CCCC1C. The molecular weight excluding hydrogens is 396 g/mol. The number of unbranched alkanes of at least 4 members (excludes halogenated alkanes) is 1. The molecule has 1 aromatic heterocycles. The lowest BCUT2D eigenvalue weighted by Crippen LogP contribution is -2.46. The molecule has 4 rings (SSSR count). The molecule has 0 bridgehead atoms. The van der Waals surface area contributed by atoms with Crippen molar-refractivity contribution in [2.24, 2.45) is 11.7 Å². The van der Waals surface area contributed by atoms with Gasteiger partial charge in [0.05, 0.1) is 5.84 Å². The molecule has 1 aromatic carbocycles. The zero-order valence-corrected chi connectivity index (χ0v) is 20.0. The first kappa shape index (κ1) is 23.0. The molecule has 174 valence electrons. The first-order valence-electron chi connectivity index (χ1n) is 12.7. The first-order chi connectivity index (χ1) is 15.4. The molecule has 2 heterocycles. The van der Waals surface area contributed by atoms with Gasteiger partial charge >= 0.3 is 0 Å². The van der Waals surface area contributed by atoms with Gasteiger partial charge < -0.3 is 10.7 Å². The van der Waals surface area contributed by atoms with Crippen LogP contribution in [0, 0.1) is 11.3 Å². The van der Waals surface area contributed by atoms with E-state index in [2.05, 4.69) is 48.9 Å². The normalized spacial score (nSPS) is 27.6. The number of rotatable bonds is 7. The van der Waals surface area contributed by atoms with Crippen molar-refractivity contribution in [3.05, 3.63) is 45.7 Å². The highest BCUT2D eigenvalue weighted by atomic mass is 16.1. The minimum atomic E-state index is 0.0219. The second-order valence-corrected chi connectivity index (χ2v) is 10.3. The van der Waals surface area contributed by atoms with Crippen molar-refractivity contribution in [3.63, 3.8) is 0 Å². The molecule has 5 heteroatoms. The van der Waals surface area contributed by atoms with Gasteiger partial charge in [0.1, 0.15) is 0 Å². The number of fused-ring (bicyclic) bond motifs is 1. The highest BCUT2D eigenvalue weighted by molar-refractivity contribution is 5.83. The van der Waals surface area contributed by atoms with Crippen molar-refractivity contribution in [2.45, 2.75) is 103 Å². The summed E-state index contributed by atoms with van der Waals surface area (Å²) in [5.41, 5.74) is 8.97. The Kier molecular flexibility index (Phi) is 7.04. The third kappa shape index (κ3) is 4.50. The van der Waals surface area contributed by atoms with E-state index in [0.717, 1.165) is 36.8 Å². The second kappa shape index (κ2) is 9.78. The lowest BCUT2D eigenvalue weighted by molar-refractivity contribution is 0.0496. The van der Waals surface area contributed by atoms with Gasteiger partial charge in [-0.1, -0.05) is 38.3 Å². The zero-order chi connectivity index (χ0) is 22.8. The summed E-state index contributed by atoms with van der Waals surface area (Å²) in [6, 6.07) is 10.1. The van der Waals surface area contributed by atoms with E-state index >= 15 is 0 Å². The number of benzene rings is 1. The fourth-order valence-electron chi connectivity index (χ4n) is 6.33. The molecule has 2 aliphatic rings. The lowest BCUT2D eigenvalue weighted by atomic mass is 9.88. The van der Waals surface area contributed by atoms with E-state index in [9.17, 15) is 4.79 Å². The quantitative estimate of drug-likeness (QED) is 0.376. The van der Waals surface area contributed by atoms with E-state index < -0.39 is 0 Å². The molecule has 2 aromatic rings. The topological polar surface area (TPSA) is 86.0 Å². The molecule has 1 aliphatic carbocycles. The summed E-state index contributed by atoms with van der Waals surface area (Å²) in [5.74, 6) is 0.558. The Labute approximate surface area is 192 Å². The number of amidine groups is 1. The molecule has 2 fully saturated rings. The number of nitrogens with zero attached hydrogens (tertiary/aromatic N) is 1. The maximum absolute atomic E-state index is 13.0. The van der Waals surface area contributed by atoms with Crippen molar-refractivity contribution in [1.82, 2.24) is 9.88 Å². The Morgan fingerprint density at radius 3 is 2.62 bits per heavy atom. The van der Waals surface area contributed by atoms with Crippen molar-refractivity contribution in [2.75, 3.05) is 0 Å². The predicted octanol–water partition coefficient (Wildman–Crippen LogP) is 5.84. The average Bonchev–Trinajstić information content (AvgIpc) is 3.25. The minimum Gasteiger partial charge on any atom is -0.387 e. The van der Waals surface area contributed by atoms with Gasteiger partial charge in [-0.15, -0.1) is 0 Å². The van der Waals surface area contributed by atoms with Gasteiger partial charge in [-0.3, -0.25) is 15.1 Å². The molecule has 1 aliphatic heterocycles. The van der Waals surface area contributed by atoms with Crippen LogP contribution in [-0.2, 0) is 0 Å². The summed E-state index contributed by atoms with van der Waals surface area (Å²) in [6.07, 6.45) is 10.0. The van der Waals surface area contributed by atoms with Crippen LogP contribution in [-0.4, -0.2) is 27.8 Å². The molecular formula is C27H40N4O. The fourth-order valence-corrected chi connectivity index (χ4v) is 6.33. The number of pyridine rings is 1. The van der Waals surface area contributed by atoms with E-state index in [1.165, 1.54) is 43.1 Å². The summed E-state index contributed by atoms with van der Waals surface area (Å²) in [7, 11) is 0. The van der Waals surface area contributed by atoms with Crippen molar-refractivity contribution in [1.29, 1.82) is 5.41 Å². The first-order valence-corrected chi connectivity index (χ1v) is 12.7. The number of piperidine rings is 1. The second-order valence-electron chi connectivity index (χ2n) is 10.3. The standard InChI is InChI=1S/C27H40N4O/c1-4-5-12-25(31-17(2)8-6-9-18(31)3)21-10-7-11-24-23(21)16-22(27(32)30-24)19-13-14-20(15-19)26(28)29/h7,10-11,16-20,25H,4-6,8-9,12-15H2,1-3H3,(H3,28,29)(H,30,32). The van der Waals surface area contributed by atoms with Gasteiger partial charge in [0, 0.05) is 40.5 Å². The molecule has 5 unspecified atom stereocenters. The number of H-pyrrole nitrogens is 1. The van der Waals surface area contributed by atoms with Gasteiger partial charge in [-0.2, -0.15) is 0 Å². The molecule has 0 spiro atoms. The van der Waals surface area contributed by atoms with Crippen molar-refractivity contribution >= 4 is 16.7 Å². The Bertz CT molecular complexity index is 1000. The van der Waals surface area contributed by atoms with Crippen LogP contribution in [0.1, 0.15) is 102 Å². The van der Waals surface area contributed by atoms with Gasteiger partial charge in [-0.05, 0) is 76.0 Å². The monoisotopic (exact) mass is 436 g/mol. The zero-order valence-electron chi connectivity index (χ0n) is 20.0. The minimum absolute atomic E-state index is 0.0219. The molecule has 0 amide bonds. The van der Waals surface area contributed by atoms with E-state index in [-0.39, 0.29) is 23.2 Å². The number of nitrogens with one attached hydrogen (secondary N) is 2. The van der Waals surface area contributed by atoms with Crippen LogP contribution in [0.5, 0.6) is 0 Å². The summed E-state index contributed by atoms with van der Waals surface area (Å²) >= 11 is 0. The van der Waals surface area contributed by atoms with Crippen LogP contribution in [0.3, 0.4) is 0 Å².